The Morgan fingerprint density at radius 3 is 1.76 bits per heavy atom. The zero-order valence-electron chi connectivity index (χ0n) is 18.0. The highest BCUT2D eigenvalue weighted by atomic mass is 16.7. The van der Waals surface area contributed by atoms with E-state index in [1.165, 1.54) is 0 Å². The molecule has 0 aromatic carbocycles. The minimum absolute atomic E-state index is 0.115. The first-order chi connectivity index (χ1) is 15.5. The van der Waals surface area contributed by atoms with Crippen LogP contribution in [0.5, 0.6) is 0 Å². The number of aliphatic hydroxyl groups is 6. The van der Waals surface area contributed by atoms with Gasteiger partial charge in [-0.1, -0.05) is 0 Å². The molecule has 3 aliphatic rings. The topological polar surface area (TPSA) is 288 Å². The van der Waals surface area contributed by atoms with E-state index in [2.05, 4.69) is 0 Å². The standard InChI is InChI=1S/C18H37N5O10/c19-2-6-11(26)12(27)9(23)17(30-6)32-15-4(20)1-5(21)16(14(15)29)33-18-13(28)8(22)10(25)7(3-24)31-18/h4-18,24-29H,1-3,19-23H2/t4-,5+,6+,7?,8-,9?,10?,11?,12?,13?,14?,15?,16?,17+,18-/m0/s1. The third kappa shape index (κ3) is 5.32. The van der Waals surface area contributed by atoms with Gasteiger partial charge in [-0.15, -0.1) is 0 Å². The van der Waals surface area contributed by atoms with Gasteiger partial charge in [0.25, 0.3) is 0 Å². The highest BCUT2D eigenvalue weighted by Gasteiger charge is 2.51. The van der Waals surface area contributed by atoms with Crippen molar-refractivity contribution in [2.45, 2.75) is 98.1 Å². The molecule has 0 radical (unpaired) electrons. The summed E-state index contributed by atoms with van der Waals surface area (Å²) >= 11 is 0. The van der Waals surface area contributed by atoms with Crippen LogP contribution in [0.2, 0.25) is 0 Å². The van der Waals surface area contributed by atoms with Gasteiger partial charge in [0.05, 0.1) is 18.7 Å². The van der Waals surface area contributed by atoms with Crippen LogP contribution >= 0.6 is 0 Å². The zero-order valence-corrected chi connectivity index (χ0v) is 18.0. The molecule has 2 saturated heterocycles. The number of aliphatic hydroxyl groups excluding tert-OH is 6. The maximum absolute atomic E-state index is 11.0. The van der Waals surface area contributed by atoms with Crippen LogP contribution < -0.4 is 28.7 Å². The first kappa shape index (κ1) is 27.0. The van der Waals surface area contributed by atoms with Gasteiger partial charge in [0.15, 0.2) is 12.6 Å². The highest BCUT2D eigenvalue weighted by molar-refractivity contribution is 5.01. The normalized spacial score (nSPS) is 53.7. The van der Waals surface area contributed by atoms with Crippen molar-refractivity contribution in [2.24, 2.45) is 28.7 Å². The van der Waals surface area contributed by atoms with Crippen molar-refractivity contribution in [3.05, 3.63) is 0 Å². The van der Waals surface area contributed by atoms with Gasteiger partial charge >= 0.3 is 0 Å². The number of hydrogen-bond donors (Lipinski definition) is 11. The molecule has 15 heteroatoms. The summed E-state index contributed by atoms with van der Waals surface area (Å²) in [5.41, 5.74) is 29.6. The summed E-state index contributed by atoms with van der Waals surface area (Å²) in [7, 11) is 0. The van der Waals surface area contributed by atoms with Crippen molar-refractivity contribution in [1.29, 1.82) is 0 Å². The van der Waals surface area contributed by atoms with Crippen molar-refractivity contribution in [3.8, 4) is 0 Å². The van der Waals surface area contributed by atoms with E-state index < -0.39 is 98.3 Å². The third-order valence-corrected chi connectivity index (χ3v) is 6.56. The smallest absolute Gasteiger partial charge is 0.186 e. The highest BCUT2D eigenvalue weighted by Crippen LogP contribution is 2.30. The van der Waals surface area contributed by atoms with Crippen LogP contribution in [0.3, 0.4) is 0 Å². The Morgan fingerprint density at radius 1 is 0.667 bits per heavy atom. The molecule has 0 amide bonds. The Labute approximate surface area is 190 Å². The second-order valence-corrected chi connectivity index (χ2v) is 8.88. The molecule has 15 atom stereocenters. The molecule has 194 valence electrons. The van der Waals surface area contributed by atoms with Crippen molar-refractivity contribution < 1.29 is 49.6 Å². The lowest BCUT2D eigenvalue weighted by Gasteiger charge is -2.48. The number of rotatable bonds is 6. The number of nitrogens with two attached hydrogens (primary N) is 5. The van der Waals surface area contributed by atoms with Crippen LogP contribution in [0, 0.1) is 0 Å². The van der Waals surface area contributed by atoms with E-state index in [4.69, 9.17) is 47.6 Å². The lowest BCUT2D eigenvalue weighted by Crippen LogP contribution is -2.69. The SMILES string of the molecule is NC[C@H]1O[C@H](OC2C(O)C(O[C@@H]3OC(CO)C(O)[C@H](N)C3O)[C@H](N)C[C@@H]2N)C(N)C(O)C1O. The maximum atomic E-state index is 11.0. The second kappa shape index (κ2) is 11.0. The molecule has 3 rings (SSSR count). The van der Waals surface area contributed by atoms with Gasteiger partial charge in [-0.05, 0) is 6.42 Å². The maximum Gasteiger partial charge on any atom is 0.186 e. The summed E-state index contributed by atoms with van der Waals surface area (Å²) in [5.74, 6) is 0. The first-order valence-corrected chi connectivity index (χ1v) is 10.9. The van der Waals surface area contributed by atoms with E-state index in [1.54, 1.807) is 0 Å². The Bertz CT molecular complexity index is 585. The van der Waals surface area contributed by atoms with Gasteiger partial charge in [-0.25, -0.2) is 0 Å². The average molecular weight is 484 g/mol. The van der Waals surface area contributed by atoms with Gasteiger partial charge in [0, 0.05) is 18.6 Å². The van der Waals surface area contributed by atoms with Crippen LogP contribution in [0.15, 0.2) is 0 Å². The zero-order chi connectivity index (χ0) is 24.6. The second-order valence-electron chi connectivity index (χ2n) is 8.88. The summed E-state index contributed by atoms with van der Waals surface area (Å²) in [4.78, 5) is 0. The third-order valence-electron chi connectivity index (χ3n) is 6.56. The van der Waals surface area contributed by atoms with E-state index in [0.29, 0.717) is 0 Å². The lowest BCUT2D eigenvalue weighted by atomic mass is 9.84. The van der Waals surface area contributed by atoms with Gasteiger partial charge in [0.2, 0.25) is 0 Å². The molecule has 0 aromatic heterocycles. The average Bonchev–Trinajstić information content (AvgIpc) is 2.79. The van der Waals surface area contributed by atoms with Crippen LogP contribution in [-0.2, 0) is 18.9 Å². The van der Waals surface area contributed by atoms with Gasteiger partial charge in [-0.2, -0.15) is 0 Å². The molecule has 16 N–H and O–H groups in total. The lowest BCUT2D eigenvalue weighted by molar-refractivity contribution is -0.318. The molecular formula is C18H37N5O10. The van der Waals surface area contributed by atoms with Gasteiger partial charge in [-0.3, -0.25) is 0 Å². The van der Waals surface area contributed by atoms with E-state index >= 15 is 0 Å². The molecule has 9 unspecified atom stereocenters. The molecule has 1 aliphatic carbocycles. The number of hydrogen-bond acceptors (Lipinski definition) is 15. The van der Waals surface area contributed by atoms with E-state index in [1.807, 2.05) is 0 Å². The van der Waals surface area contributed by atoms with Crippen molar-refractivity contribution >= 4 is 0 Å². The van der Waals surface area contributed by atoms with Crippen LogP contribution in [0.25, 0.3) is 0 Å². The molecule has 3 fully saturated rings. The Morgan fingerprint density at radius 2 is 1.21 bits per heavy atom. The van der Waals surface area contributed by atoms with Crippen LogP contribution in [0.1, 0.15) is 6.42 Å². The molecule has 2 aliphatic heterocycles. The molecule has 1 saturated carbocycles. The van der Waals surface area contributed by atoms with E-state index in [9.17, 15) is 30.6 Å². The summed E-state index contributed by atoms with van der Waals surface area (Å²) < 4.78 is 22.5. The summed E-state index contributed by atoms with van der Waals surface area (Å²) in [6.07, 6.45) is -13.9. The summed E-state index contributed by atoms with van der Waals surface area (Å²) in [6, 6.07) is -3.92. The summed E-state index contributed by atoms with van der Waals surface area (Å²) in [6.45, 7) is -0.694. The first-order valence-electron chi connectivity index (χ1n) is 10.9. The quantitative estimate of drug-likeness (QED) is 0.167. The van der Waals surface area contributed by atoms with Gasteiger partial charge < -0.3 is 78.3 Å². The molecule has 2 heterocycles. The molecule has 33 heavy (non-hydrogen) atoms. The number of ether oxygens (including phenoxy) is 4. The van der Waals surface area contributed by atoms with Gasteiger partial charge in [0.1, 0.15) is 54.9 Å². The monoisotopic (exact) mass is 483 g/mol. The van der Waals surface area contributed by atoms with Crippen molar-refractivity contribution in [3.63, 3.8) is 0 Å². The predicted octanol–water partition coefficient (Wildman–Crippen LogP) is -7.33. The fourth-order valence-corrected chi connectivity index (χ4v) is 4.45. The van der Waals surface area contributed by atoms with Crippen molar-refractivity contribution in [1.82, 2.24) is 0 Å². The molecular weight excluding hydrogens is 446 g/mol. The minimum Gasteiger partial charge on any atom is -0.394 e. The Hall–Kier alpha value is -0.600. The van der Waals surface area contributed by atoms with Crippen molar-refractivity contribution in [2.75, 3.05) is 13.2 Å². The van der Waals surface area contributed by atoms with Crippen LogP contribution in [-0.4, -0.2) is 135 Å². The molecule has 0 aromatic rings. The predicted molar refractivity (Wildman–Crippen MR) is 110 cm³/mol. The fraction of sp³-hybridized carbons (Fsp3) is 1.00. The van der Waals surface area contributed by atoms with E-state index in [-0.39, 0.29) is 13.0 Å². The molecule has 0 spiro atoms. The van der Waals surface area contributed by atoms with E-state index in [0.717, 1.165) is 0 Å². The minimum atomic E-state index is -1.48. The van der Waals surface area contributed by atoms with Crippen LogP contribution in [0.4, 0.5) is 0 Å². The molecule has 15 nitrogen and oxygen atoms in total. The Kier molecular flexibility index (Phi) is 8.99. The largest absolute Gasteiger partial charge is 0.394 e. The summed E-state index contributed by atoms with van der Waals surface area (Å²) in [5, 5.41) is 60.9. The Balaban J connectivity index is 1.72. The fourth-order valence-electron chi connectivity index (χ4n) is 4.45. The molecule has 0 bridgehead atoms.